The highest BCUT2D eigenvalue weighted by Crippen LogP contribution is 2.26. The van der Waals surface area contributed by atoms with Crippen LogP contribution in [-0.4, -0.2) is 69.2 Å². The highest BCUT2D eigenvalue weighted by molar-refractivity contribution is 5.99. The second-order valence-corrected chi connectivity index (χ2v) is 7.38. The lowest BCUT2D eigenvalue weighted by molar-refractivity contribution is -0.121. The number of para-hydroxylation sites is 1. The molecule has 1 amide bonds. The summed E-state index contributed by atoms with van der Waals surface area (Å²) < 4.78 is 1.79. The molecule has 0 radical (unpaired) electrons. The Morgan fingerprint density at radius 1 is 1.04 bits per heavy atom. The summed E-state index contributed by atoms with van der Waals surface area (Å²) in [5.74, 6) is 1.86. The summed E-state index contributed by atoms with van der Waals surface area (Å²) in [6.45, 7) is 6.19. The number of fused-ring (bicyclic) bond motifs is 1. The molecule has 2 saturated heterocycles. The first-order chi connectivity index (χ1) is 13.7. The molecule has 8 heteroatoms. The summed E-state index contributed by atoms with van der Waals surface area (Å²) in [5.41, 5.74) is 1.93. The number of benzene rings is 1. The molecule has 2 aliphatic rings. The number of piperazine rings is 1. The molecule has 0 bridgehead atoms. The Bertz CT molecular complexity index is 994. The van der Waals surface area contributed by atoms with Gasteiger partial charge in [-0.05, 0) is 25.5 Å². The molecule has 5 rings (SSSR count). The molecule has 3 aromatic rings. The Kier molecular flexibility index (Phi) is 4.20. The van der Waals surface area contributed by atoms with Crippen molar-refractivity contribution in [1.82, 2.24) is 24.5 Å². The third-order valence-electron chi connectivity index (χ3n) is 5.69. The van der Waals surface area contributed by atoms with E-state index < -0.39 is 0 Å². The summed E-state index contributed by atoms with van der Waals surface area (Å²) in [6.07, 6.45) is 2.42. The Balaban J connectivity index is 1.29. The predicted molar refractivity (Wildman–Crippen MR) is 107 cm³/mol. The van der Waals surface area contributed by atoms with Gasteiger partial charge in [0.1, 0.15) is 12.1 Å². The average molecular weight is 377 g/mol. The molecule has 0 aliphatic carbocycles. The third-order valence-corrected chi connectivity index (χ3v) is 5.69. The molecule has 1 unspecified atom stereocenters. The van der Waals surface area contributed by atoms with E-state index in [9.17, 15) is 4.79 Å². The summed E-state index contributed by atoms with van der Waals surface area (Å²) in [5, 5.41) is 4.31. The quantitative estimate of drug-likeness (QED) is 0.687. The van der Waals surface area contributed by atoms with Crippen LogP contribution in [0.5, 0.6) is 0 Å². The zero-order valence-corrected chi connectivity index (χ0v) is 15.9. The van der Waals surface area contributed by atoms with Gasteiger partial charge >= 0.3 is 0 Å². The molecule has 0 spiro atoms. The van der Waals surface area contributed by atoms with Crippen molar-refractivity contribution in [3.63, 3.8) is 0 Å². The molecule has 1 aromatic carbocycles. The fraction of sp³-hybridized carbons (Fsp3) is 0.400. The summed E-state index contributed by atoms with van der Waals surface area (Å²) in [7, 11) is 0. The highest BCUT2D eigenvalue weighted by Gasteiger charge is 2.37. The number of nitrogens with zero attached hydrogens (tertiary/aromatic N) is 7. The Hall–Kier alpha value is -3.00. The maximum Gasteiger partial charge on any atom is 0.254 e. The normalized spacial score (nSPS) is 21.0. The number of hydrogen-bond acceptors (Lipinski definition) is 6. The molecule has 2 aromatic heterocycles. The molecule has 1 atom stereocenters. The van der Waals surface area contributed by atoms with Crippen molar-refractivity contribution in [2.75, 3.05) is 42.5 Å². The first-order valence-corrected chi connectivity index (χ1v) is 9.73. The molecule has 4 heterocycles. The number of aromatic nitrogens is 4. The lowest BCUT2D eigenvalue weighted by Crippen LogP contribution is -2.53. The molecule has 28 heavy (non-hydrogen) atoms. The Labute approximate surface area is 163 Å². The Morgan fingerprint density at radius 2 is 1.82 bits per heavy atom. The van der Waals surface area contributed by atoms with Crippen molar-refractivity contribution < 1.29 is 4.79 Å². The lowest BCUT2D eigenvalue weighted by Gasteiger charge is -2.38. The topological polar surface area (TPSA) is 69.9 Å². The number of hydrogen-bond donors (Lipinski definition) is 0. The third kappa shape index (κ3) is 2.90. The van der Waals surface area contributed by atoms with Gasteiger partial charge in [0.05, 0.1) is 6.04 Å². The monoisotopic (exact) mass is 377 g/mol. The predicted octanol–water partition coefficient (Wildman–Crippen LogP) is 1.36. The highest BCUT2D eigenvalue weighted by atomic mass is 16.2. The van der Waals surface area contributed by atoms with E-state index in [0.717, 1.165) is 56.3 Å². The van der Waals surface area contributed by atoms with Crippen LogP contribution in [0.1, 0.15) is 12.1 Å². The van der Waals surface area contributed by atoms with E-state index in [4.69, 9.17) is 0 Å². The summed E-state index contributed by atoms with van der Waals surface area (Å²) in [6, 6.07) is 12.0. The van der Waals surface area contributed by atoms with Crippen LogP contribution in [0.15, 0.2) is 42.7 Å². The van der Waals surface area contributed by atoms with E-state index in [2.05, 4.69) is 30.9 Å². The first kappa shape index (κ1) is 17.1. The van der Waals surface area contributed by atoms with Crippen molar-refractivity contribution in [3.05, 3.63) is 48.4 Å². The standard InChI is InChI=1S/C20H23N7O/c1-15-13-18(27-20(23-15)21-14-22-27)25-11-9-24(10-12-25)17-7-8-26(19(17)28)16-5-3-2-4-6-16/h2-6,13-14,17H,7-12H2,1H3. The number of aryl methyl sites for hydroxylation is 1. The summed E-state index contributed by atoms with van der Waals surface area (Å²) >= 11 is 0. The van der Waals surface area contributed by atoms with Crippen LogP contribution in [0.25, 0.3) is 5.78 Å². The van der Waals surface area contributed by atoms with Gasteiger partial charge in [-0.1, -0.05) is 18.2 Å². The van der Waals surface area contributed by atoms with Crippen LogP contribution in [0.3, 0.4) is 0 Å². The van der Waals surface area contributed by atoms with Crippen LogP contribution in [0.4, 0.5) is 11.5 Å². The van der Waals surface area contributed by atoms with Crippen molar-refractivity contribution in [1.29, 1.82) is 0 Å². The molecule has 0 N–H and O–H groups in total. The number of rotatable bonds is 3. The van der Waals surface area contributed by atoms with Crippen LogP contribution in [0, 0.1) is 6.92 Å². The minimum atomic E-state index is -0.0204. The fourth-order valence-corrected chi connectivity index (χ4v) is 4.27. The van der Waals surface area contributed by atoms with Crippen molar-refractivity contribution in [2.45, 2.75) is 19.4 Å². The van der Waals surface area contributed by atoms with Crippen LogP contribution >= 0.6 is 0 Å². The van der Waals surface area contributed by atoms with E-state index in [1.54, 1.807) is 4.52 Å². The molecule has 8 nitrogen and oxygen atoms in total. The Morgan fingerprint density at radius 3 is 2.61 bits per heavy atom. The van der Waals surface area contributed by atoms with Crippen LogP contribution in [0.2, 0.25) is 0 Å². The van der Waals surface area contributed by atoms with Gasteiger partial charge in [0, 0.05) is 50.2 Å². The second kappa shape index (κ2) is 6.87. The first-order valence-electron chi connectivity index (χ1n) is 9.73. The van der Waals surface area contributed by atoms with Crippen LogP contribution in [-0.2, 0) is 4.79 Å². The van der Waals surface area contributed by atoms with Crippen molar-refractivity contribution in [2.24, 2.45) is 0 Å². The van der Waals surface area contributed by atoms with E-state index in [1.807, 2.05) is 42.2 Å². The van der Waals surface area contributed by atoms with Crippen LogP contribution < -0.4 is 9.80 Å². The van der Waals surface area contributed by atoms with Gasteiger partial charge in [0.2, 0.25) is 5.91 Å². The van der Waals surface area contributed by atoms with Gasteiger partial charge in [-0.25, -0.2) is 4.98 Å². The maximum atomic E-state index is 13.0. The minimum Gasteiger partial charge on any atom is -0.354 e. The zero-order chi connectivity index (χ0) is 19.1. The van der Waals surface area contributed by atoms with E-state index in [-0.39, 0.29) is 11.9 Å². The molecule has 2 fully saturated rings. The zero-order valence-electron chi connectivity index (χ0n) is 15.9. The largest absolute Gasteiger partial charge is 0.354 e. The average Bonchev–Trinajstić information content (AvgIpc) is 3.34. The molecule has 0 saturated carbocycles. The van der Waals surface area contributed by atoms with Gasteiger partial charge in [-0.2, -0.15) is 14.6 Å². The molecule has 2 aliphatic heterocycles. The van der Waals surface area contributed by atoms with Gasteiger partial charge in [0.15, 0.2) is 0 Å². The van der Waals surface area contributed by atoms with E-state index >= 15 is 0 Å². The second-order valence-electron chi connectivity index (χ2n) is 7.38. The molecule has 144 valence electrons. The summed E-state index contributed by atoms with van der Waals surface area (Å²) in [4.78, 5) is 28.2. The fourth-order valence-electron chi connectivity index (χ4n) is 4.27. The number of carbonyl (C=O) groups excluding carboxylic acids is 1. The van der Waals surface area contributed by atoms with Crippen molar-refractivity contribution in [3.8, 4) is 0 Å². The number of carbonyl (C=O) groups is 1. The van der Waals surface area contributed by atoms with Crippen molar-refractivity contribution >= 4 is 23.2 Å². The molecular weight excluding hydrogens is 354 g/mol. The maximum absolute atomic E-state index is 13.0. The molecular formula is C20H23N7O. The number of amides is 1. The SMILES string of the molecule is Cc1cc(N2CCN(C3CCN(c4ccccc4)C3=O)CC2)n2ncnc2n1. The van der Waals surface area contributed by atoms with Gasteiger partial charge < -0.3 is 9.80 Å². The number of anilines is 2. The van der Waals surface area contributed by atoms with Gasteiger partial charge in [-0.15, -0.1) is 0 Å². The van der Waals surface area contributed by atoms with E-state index in [0.29, 0.717) is 5.78 Å². The minimum absolute atomic E-state index is 0.0204. The van der Waals surface area contributed by atoms with Gasteiger partial charge in [0.25, 0.3) is 5.78 Å². The van der Waals surface area contributed by atoms with E-state index in [1.165, 1.54) is 6.33 Å². The lowest BCUT2D eigenvalue weighted by atomic mass is 10.1. The smallest absolute Gasteiger partial charge is 0.254 e. The van der Waals surface area contributed by atoms with Gasteiger partial charge in [-0.3, -0.25) is 9.69 Å².